The van der Waals surface area contributed by atoms with E-state index in [4.69, 9.17) is 28.4 Å². The SMILES string of the molecule is CC[C@H]1OC(=O)[C@H](C)[C@@H](C2C[C@@](C)(OC)[C@@H](O)[C@H](C)O2)[C@H](C)[C@@H](O[C@@H]2O[C@H](C)C[C@H](N(C)CCc3cn([C@H](CF)[C@H](OC)c4ccc(-c5c[nH]c(=O)s5)cc4)nn3)[C@H]2O)[C@](C)(O)C[C@@H](C)CN(C)[C@H](C)[C@@H](O)[C@]1(C)O. The number of hydrogen-bond acceptors (Lipinski definition) is 18. The molecular formula is C54H87FN6O13S. The van der Waals surface area contributed by atoms with Gasteiger partial charge >= 0.3 is 10.8 Å². The lowest BCUT2D eigenvalue weighted by atomic mass is 9.68. The fourth-order valence-corrected chi connectivity index (χ4v) is 13.0. The van der Waals surface area contributed by atoms with Crippen molar-refractivity contribution in [1.29, 1.82) is 0 Å². The highest BCUT2D eigenvalue weighted by molar-refractivity contribution is 7.12. The number of methoxy groups -OCH3 is 2. The van der Waals surface area contributed by atoms with Crippen LogP contribution in [0.2, 0.25) is 0 Å². The van der Waals surface area contributed by atoms with Gasteiger partial charge in [-0.25, -0.2) is 9.07 Å². The van der Waals surface area contributed by atoms with Crippen LogP contribution in [-0.2, 0) is 39.6 Å². The Labute approximate surface area is 446 Å². The predicted molar refractivity (Wildman–Crippen MR) is 281 cm³/mol. The van der Waals surface area contributed by atoms with Crippen LogP contribution in [0.1, 0.15) is 118 Å². The number of nitrogens with zero attached hydrogens (tertiary/aromatic N) is 5. The Morgan fingerprint density at radius 1 is 1.00 bits per heavy atom. The van der Waals surface area contributed by atoms with Crippen molar-refractivity contribution in [2.45, 2.75) is 197 Å². The molecule has 3 aliphatic rings. The molecule has 75 heavy (non-hydrogen) atoms. The zero-order chi connectivity index (χ0) is 55.5. The fraction of sp³-hybridized carbons (Fsp3) is 0.778. The molecule has 3 saturated heterocycles. The van der Waals surface area contributed by atoms with Crippen molar-refractivity contribution in [3.63, 3.8) is 0 Å². The van der Waals surface area contributed by atoms with E-state index >= 15 is 0 Å². The van der Waals surface area contributed by atoms with E-state index in [0.29, 0.717) is 31.6 Å². The molecule has 1 aromatic carbocycles. The molecule has 3 fully saturated rings. The normalized spacial score (nSPS) is 38.9. The minimum atomic E-state index is -1.84. The monoisotopic (exact) mass is 1080 g/mol. The number of nitrogens with one attached hydrogen (secondary N) is 1. The molecule has 3 aromatic rings. The molecule has 6 rings (SSSR count). The second-order valence-electron chi connectivity index (χ2n) is 22.7. The standard InChI is InChI=1S/C54H87FN6O13S/c1-15-42-54(10,68)46(63)33(6)60(12)27-29(2)23-52(8,67)48(31(4)43(32(5)49(65)73-42)40-24-53(9,70-14)47(64)34(7)72-40)74-50-44(62)38(22-30(3)71-50)59(11)21-20-37-28-61(58-57-37)39(25-55)45(69-13)36-18-16-35(17-19-36)41-26-56-51(66)75-41/h16-19,26,28-34,38-40,42-48,50,62-64,67-68H,15,20-25,27H2,1-14H3,(H,56,66)/t29-,30-,31+,32-,33-,34+,38+,39-,40?,42-,43+,44-,45-,46-,47+,48-,50+,52-,53-,54-/m1/s1. The maximum atomic E-state index is 14.9. The van der Waals surface area contributed by atoms with E-state index in [2.05, 4.69) is 15.3 Å². The first-order chi connectivity index (χ1) is 35.2. The molecule has 6 N–H and O–H groups in total. The maximum Gasteiger partial charge on any atom is 0.309 e. The molecular weight excluding hydrogens is 992 g/mol. The van der Waals surface area contributed by atoms with E-state index in [-0.39, 0.29) is 30.1 Å². The zero-order valence-electron chi connectivity index (χ0n) is 46.5. The number of carbonyl (C=O) groups excluding carboxylic acids is 1. The van der Waals surface area contributed by atoms with Crippen LogP contribution < -0.4 is 4.87 Å². The van der Waals surface area contributed by atoms with Crippen LogP contribution in [0.3, 0.4) is 0 Å². The lowest BCUT2D eigenvalue weighted by Gasteiger charge is -2.51. The van der Waals surface area contributed by atoms with Crippen molar-refractivity contribution in [3.05, 3.63) is 57.6 Å². The summed E-state index contributed by atoms with van der Waals surface area (Å²) >= 11 is 1.10. The zero-order valence-corrected chi connectivity index (χ0v) is 47.3. The van der Waals surface area contributed by atoms with E-state index in [9.17, 15) is 39.5 Å². The number of ether oxygens (including phenoxy) is 6. The predicted octanol–water partition coefficient (Wildman–Crippen LogP) is 4.69. The van der Waals surface area contributed by atoms with Crippen LogP contribution in [-0.4, -0.2) is 193 Å². The van der Waals surface area contributed by atoms with Crippen molar-refractivity contribution in [1.82, 2.24) is 29.8 Å². The van der Waals surface area contributed by atoms with Gasteiger partial charge in [-0.2, -0.15) is 0 Å². The highest BCUT2D eigenvalue weighted by Crippen LogP contribution is 2.45. The summed E-state index contributed by atoms with van der Waals surface area (Å²) < 4.78 is 54.4. The number of aromatic amines is 1. The lowest BCUT2D eigenvalue weighted by Crippen LogP contribution is -2.62. The Morgan fingerprint density at radius 2 is 1.68 bits per heavy atom. The number of carbonyl (C=O) groups is 1. The summed E-state index contributed by atoms with van der Waals surface area (Å²) in [5.74, 6) is -3.29. The Balaban J connectivity index is 1.26. The summed E-state index contributed by atoms with van der Waals surface area (Å²) in [6.07, 6.45) is -4.76. The molecule has 0 spiro atoms. The van der Waals surface area contributed by atoms with Gasteiger partial charge in [-0.1, -0.05) is 68.5 Å². The first-order valence-corrected chi connectivity index (χ1v) is 27.4. The average molecular weight is 1080 g/mol. The van der Waals surface area contributed by atoms with Gasteiger partial charge in [0, 0.05) is 70.5 Å². The summed E-state index contributed by atoms with van der Waals surface area (Å²) in [4.78, 5) is 33.6. The van der Waals surface area contributed by atoms with E-state index in [1.807, 2.05) is 68.9 Å². The highest BCUT2D eigenvalue weighted by atomic mass is 32.1. The number of hydrogen-bond donors (Lipinski definition) is 6. The number of aliphatic hydroxyl groups is 5. The lowest BCUT2D eigenvalue weighted by molar-refractivity contribution is -0.302. The van der Waals surface area contributed by atoms with E-state index in [1.165, 1.54) is 25.8 Å². The summed E-state index contributed by atoms with van der Waals surface area (Å²) in [6, 6.07) is 5.52. The van der Waals surface area contributed by atoms with Crippen LogP contribution in [0.25, 0.3) is 10.4 Å². The molecule has 21 heteroatoms. The molecule has 0 radical (unpaired) electrons. The van der Waals surface area contributed by atoms with Gasteiger partial charge in [0.25, 0.3) is 0 Å². The second-order valence-corrected chi connectivity index (χ2v) is 23.8. The quantitative estimate of drug-likeness (QED) is 0.113. The number of H-pyrrole nitrogens is 1. The van der Waals surface area contributed by atoms with Crippen molar-refractivity contribution >= 4 is 17.3 Å². The Hall–Kier alpha value is -3.29. The second kappa shape index (κ2) is 25.2. The van der Waals surface area contributed by atoms with E-state index in [0.717, 1.165) is 27.3 Å². The average Bonchev–Trinajstić information content (AvgIpc) is 4.03. The van der Waals surface area contributed by atoms with Crippen LogP contribution in [0, 0.1) is 23.7 Å². The van der Waals surface area contributed by atoms with Gasteiger partial charge in [0.15, 0.2) is 6.29 Å². The number of halogens is 1. The van der Waals surface area contributed by atoms with Crippen LogP contribution >= 0.6 is 11.3 Å². The molecule has 1 unspecified atom stereocenters. The number of alkyl halides is 1. The molecule has 5 heterocycles. The Morgan fingerprint density at radius 3 is 2.28 bits per heavy atom. The molecule has 0 aliphatic carbocycles. The van der Waals surface area contributed by atoms with Gasteiger partial charge in [-0.05, 0) is 97.9 Å². The third-order valence-electron chi connectivity index (χ3n) is 16.9. The summed E-state index contributed by atoms with van der Waals surface area (Å²) in [6.45, 7) is 17.8. The van der Waals surface area contributed by atoms with Crippen LogP contribution in [0.15, 0.2) is 41.5 Å². The number of rotatable bonds is 15. The minimum Gasteiger partial charge on any atom is -0.459 e. The van der Waals surface area contributed by atoms with Crippen molar-refractivity contribution in [2.24, 2.45) is 23.7 Å². The van der Waals surface area contributed by atoms with E-state index in [1.54, 1.807) is 53.9 Å². The smallest absolute Gasteiger partial charge is 0.309 e. The molecule has 2 aromatic heterocycles. The van der Waals surface area contributed by atoms with Gasteiger partial charge in [-0.15, -0.1) is 5.10 Å². The summed E-state index contributed by atoms with van der Waals surface area (Å²) in [5.41, 5.74) is -2.37. The van der Waals surface area contributed by atoms with Gasteiger partial charge < -0.3 is 68.7 Å². The highest BCUT2D eigenvalue weighted by Gasteiger charge is 2.55. The number of likely N-dealkylation sites (N-methyl/N-ethyl adjacent to an activating group) is 2. The molecule has 0 bridgehead atoms. The van der Waals surface area contributed by atoms with Crippen LogP contribution in [0.5, 0.6) is 0 Å². The van der Waals surface area contributed by atoms with Crippen molar-refractivity contribution in [3.8, 4) is 10.4 Å². The van der Waals surface area contributed by atoms with Crippen LogP contribution in [0.4, 0.5) is 4.39 Å². The largest absolute Gasteiger partial charge is 0.459 e. The van der Waals surface area contributed by atoms with Gasteiger partial charge in [-0.3, -0.25) is 9.59 Å². The van der Waals surface area contributed by atoms with E-state index < -0.39 is 127 Å². The number of benzene rings is 1. The molecule has 0 amide bonds. The van der Waals surface area contributed by atoms with Gasteiger partial charge in [0.05, 0.1) is 52.1 Å². The van der Waals surface area contributed by atoms with Crippen molar-refractivity contribution < 1.29 is 63.1 Å². The fourth-order valence-electron chi connectivity index (χ4n) is 12.3. The third kappa shape index (κ3) is 13.6. The Bertz CT molecular complexity index is 2340. The first kappa shape index (κ1) is 60.9. The third-order valence-corrected chi connectivity index (χ3v) is 17.8. The topological polar surface area (TPSA) is 244 Å². The van der Waals surface area contributed by atoms with Gasteiger partial charge in [0.2, 0.25) is 0 Å². The molecule has 19 nitrogen and oxygen atoms in total. The summed E-state index contributed by atoms with van der Waals surface area (Å²) in [7, 11) is 6.76. The number of cyclic esters (lactones) is 1. The number of aliphatic hydroxyl groups excluding tert-OH is 3. The maximum absolute atomic E-state index is 14.9. The molecule has 0 saturated carbocycles. The first-order valence-electron chi connectivity index (χ1n) is 26.6. The number of thiazole rings is 1. The minimum absolute atomic E-state index is 0.153. The molecule has 424 valence electrons. The van der Waals surface area contributed by atoms with Crippen molar-refractivity contribution in [2.75, 3.05) is 48.1 Å². The van der Waals surface area contributed by atoms with Gasteiger partial charge in [0.1, 0.15) is 48.8 Å². The Kier molecular flexibility index (Phi) is 20.5. The molecule has 3 aliphatic heterocycles. The summed E-state index contributed by atoms with van der Waals surface area (Å²) in [5, 5.41) is 69.0. The molecule has 20 atom stereocenters. The number of aromatic nitrogens is 4. The number of esters is 1.